The summed E-state index contributed by atoms with van der Waals surface area (Å²) >= 11 is 5.96. The average Bonchev–Trinajstić information content (AvgIpc) is 2.82. The molecule has 3 rings (SSSR count). The molecule has 0 aliphatic rings. The molecule has 3 aromatic rings. The van der Waals surface area contributed by atoms with Crippen molar-refractivity contribution in [2.75, 3.05) is 17.1 Å². The van der Waals surface area contributed by atoms with E-state index in [0.717, 1.165) is 10.6 Å². The molecule has 1 atom stereocenters. The van der Waals surface area contributed by atoms with Gasteiger partial charge in [0.05, 0.1) is 21.5 Å². The Hall–Kier alpha value is -2.88. The van der Waals surface area contributed by atoms with Crippen molar-refractivity contribution in [1.82, 2.24) is 5.32 Å². The van der Waals surface area contributed by atoms with Gasteiger partial charge in [0.1, 0.15) is 6.54 Å². The quantitative estimate of drug-likeness (QED) is 0.455. The maximum absolute atomic E-state index is 13.4. The number of halogens is 1. The first kappa shape index (κ1) is 25.7. The molecule has 0 bridgehead atoms. The molecule has 0 saturated carbocycles. The van der Waals surface area contributed by atoms with Crippen LogP contribution in [0, 0.1) is 0 Å². The van der Waals surface area contributed by atoms with Crippen molar-refractivity contribution in [3.05, 3.63) is 89.4 Å². The standard InChI is InChI=1S/C24H25ClN2O5S2/c1-3-23(18-9-15-21(16-10-18)33(2,29)30)26-24(28)17-27(20-13-11-19(25)12-14-20)34(31,32)22-7-5-4-6-8-22/h4-16,23H,3,17H2,1-2H3,(H,26,28). The Morgan fingerprint density at radius 2 is 1.47 bits per heavy atom. The number of hydrogen-bond acceptors (Lipinski definition) is 5. The van der Waals surface area contributed by atoms with Crippen LogP contribution < -0.4 is 9.62 Å². The molecule has 3 aromatic carbocycles. The first-order valence-electron chi connectivity index (χ1n) is 10.4. The maximum atomic E-state index is 13.4. The lowest BCUT2D eigenvalue weighted by Crippen LogP contribution is -2.42. The zero-order valence-corrected chi connectivity index (χ0v) is 21.1. The van der Waals surface area contributed by atoms with Gasteiger partial charge in [0.25, 0.3) is 10.0 Å². The van der Waals surface area contributed by atoms with E-state index in [-0.39, 0.29) is 9.79 Å². The highest BCUT2D eigenvalue weighted by Crippen LogP contribution is 2.26. The van der Waals surface area contributed by atoms with Gasteiger partial charge in [-0.25, -0.2) is 16.8 Å². The second kappa shape index (κ2) is 10.6. The Morgan fingerprint density at radius 1 is 0.882 bits per heavy atom. The third-order valence-corrected chi connectivity index (χ3v) is 8.36. The fourth-order valence-corrected chi connectivity index (χ4v) is 5.58. The van der Waals surface area contributed by atoms with Crippen molar-refractivity contribution in [3.63, 3.8) is 0 Å². The molecule has 0 aliphatic carbocycles. The molecule has 0 spiro atoms. The van der Waals surface area contributed by atoms with Crippen LogP contribution >= 0.6 is 11.6 Å². The molecule has 0 saturated heterocycles. The van der Waals surface area contributed by atoms with E-state index in [2.05, 4.69) is 5.32 Å². The molecule has 34 heavy (non-hydrogen) atoms. The number of sulfone groups is 1. The minimum atomic E-state index is -4.03. The van der Waals surface area contributed by atoms with Gasteiger partial charge in [-0.05, 0) is 60.5 Å². The van der Waals surface area contributed by atoms with Crippen molar-refractivity contribution in [3.8, 4) is 0 Å². The minimum Gasteiger partial charge on any atom is -0.348 e. The van der Waals surface area contributed by atoms with Crippen LogP contribution in [0.3, 0.4) is 0 Å². The third-order valence-electron chi connectivity index (χ3n) is 5.19. The molecular weight excluding hydrogens is 496 g/mol. The number of hydrogen-bond donors (Lipinski definition) is 1. The summed E-state index contributed by atoms with van der Waals surface area (Å²) in [4.78, 5) is 13.2. The van der Waals surface area contributed by atoms with Gasteiger partial charge >= 0.3 is 0 Å². The van der Waals surface area contributed by atoms with Gasteiger partial charge in [0.15, 0.2) is 9.84 Å². The zero-order valence-electron chi connectivity index (χ0n) is 18.7. The molecular formula is C24H25ClN2O5S2. The summed E-state index contributed by atoms with van der Waals surface area (Å²) in [5.41, 5.74) is 1.01. The number of nitrogens with one attached hydrogen (secondary N) is 1. The summed E-state index contributed by atoms with van der Waals surface area (Å²) in [6.07, 6.45) is 1.65. The van der Waals surface area contributed by atoms with Crippen LogP contribution in [0.4, 0.5) is 5.69 Å². The molecule has 1 N–H and O–H groups in total. The lowest BCUT2D eigenvalue weighted by molar-refractivity contribution is -0.120. The molecule has 0 heterocycles. The number of sulfonamides is 1. The predicted octanol–water partition coefficient (Wildman–Crippen LogP) is 4.21. The highest BCUT2D eigenvalue weighted by Gasteiger charge is 2.28. The van der Waals surface area contributed by atoms with E-state index in [1.807, 2.05) is 6.92 Å². The van der Waals surface area contributed by atoms with Gasteiger partial charge in [-0.2, -0.15) is 0 Å². The molecule has 180 valence electrons. The summed E-state index contributed by atoms with van der Waals surface area (Å²) in [6.45, 7) is 1.42. The molecule has 0 aliphatic heterocycles. The Bertz CT molecular complexity index is 1340. The topological polar surface area (TPSA) is 101 Å². The first-order valence-corrected chi connectivity index (χ1v) is 14.2. The fourth-order valence-electron chi connectivity index (χ4n) is 3.38. The van der Waals surface area contributed by atoms with E-state index in [1.165, 1.54) is 36.4 Å². The molecule has 0 radical (unpaired) electrons. The van der Waals surface area contributed by atoms with Crippen LogP contribution in [0.15, 0.2) is 88.7 Å². The largest absolute Gasteiger partial charge is 0.348 e. The number of carbonyl (C=O) groups is 1. The van der Waals surface area contributed by atoms with E-state index in [0.29, 0.717) is 22.7 Å². The van der Waals surface area contributed by atoms with E-state index >= 15 is 0 Å². The van der Waals surface area contributed by atoms with E-state index in [9.17, 15) is 21.6 Å². The van der Waals surface area contributed by atoms with E-state index in [4.69, 9.17) is 11.6 Å². The van der Waals surface area contributed by atoms with Crippen molar-refractivity contribution < 1.29 is 21.6 Å². The second-order valence-corrected chi connectivity index (χ2v) is 12.0. The summed E-state index contributed by atoms with van der Waals surface area (Å²) in [6, 6.07) is 19.9. The Morgan fingerprint density at radius 3 is 2.00 bits per heavy atom. The lowest BCUT2D eigenvalue weighted by atomic mass is 10.0. The van der Waals surface area contributed by atoms with E-state index in [1.54, 1.807) is 42.5 Å². The molecule has 10 heteroatoms. The van der Waals surface area contributed by atoms with Crippen LogP contribution in [0.5, 0.6) is 0 Å². The number of carbonyl (C=O) groups excluding carboxylic acids is 1. The van der Waals surface area contributed by atoms with Crippen molar-refractivity contribution in [1.29, 1.82) is 0 Å². The molecule has 7 nitrogen and oxygen atoms in total. The van der Waals surface area contributed by atoms with Crippen molar-refractivity contribution >= 4 is 43.1 Å². The number of amides is 1. The fraction of sp³-hybridized carbons (Fsp3) is 0.208. The Kier molecular flexibility index (Phi) is 8.01. The zero-order chi connectivity index (χ0) is 24.9. The average molecular weight is 521 g/mol. The van der Waals surface area contributed by atoms with Gasteiger partial charge in [-0.3, -0.25) is 9.10 Å². The Labute approximate surface area is 205 Å². The monoisotopic (exact) mass is 520 g/mol. The van der Waals surface area contributed by atoms with Gasteiger partial charge in [0.2, 0.25) is 5.91 Å². The molecule has 1 unspecified atom stereocenters. The Balaban J connectivity index is 1.87. The van der Waals surface area contributed by atoms with Crippen LogP contribution in [0.25, 0.3) is 0 Å². The highest BCUT2D eigenvalue weighted by atomic mass is 35.5. The predicted molar refractivity (Wildman–Crippen MR) is 133 cm³/mol. The van der Waals surface area contributed by atoms with Gasteiger partial charge in [0, 0.05) is 11.3 Å². The van der Waals surface area contributed by atoms with Crippen LogP contribution in [0.2, 0.25) is 5.02 Å². The molecule has 1 amide bonds. The van der Waals surface area contributed by atoms with Gasteiger partial charge in [-0.15, -0.1) is 0 Å². The number of anilines is 1. The van der Waals surface area contributed by atoms with Gasteiger partial charge in [-0.1, -0.05) is 48.9 Å². The second-order valence-electron chi connectivity index (χ2n) is 7.67. The number of rotatable bonds is 9. The number of nitrogens with zero attached hydrogens (tertiary/aromatic N) is 1. The van der Waals surface area contributed by atoms with Crippen LogP contribution in [-0.2, 0) is 24.7 Å². The maximum Gasteiger partial charge on any atom is 0.264 e. The SMILES string of the molecule is CCC(NC(=O)CN(c1ccc(Cl)cc1)S(=O)(=O)c1ccccc1)c1ccc(S(C)(=O)=O)cc1. The summed E-state index contributed by atoms with van der Waals surface area (Å²) < 4.78 is 51.2. The third kappa shape index (κ3) is 6.16. The van der Waals surface area contributed by atoms with Gasteiger partial charge < -0.3 is 5.32 Å². The van der Waals surface area contributed by atoms with Crippen LogP contribution in [0.1, 0.15) is 24.9 Å². The summed E-state index contributed by atoms with van der Waals surface area (Å²) in [5.74, 6) is -0.506. The summed E-state index contributed by atoms with van der Waals surface area (Å²) in [5, 5.41) is 3.29. The molecule has 0 aromatic heterocycles. The molecule has 0 fully saturated rings. The summed E-state index contributed by atoms with van der Waals surface area (Å²) in [7, 11) is -7.37. The first-order chi connectivity index (χ1) is 16.0. The minimum absolute atomic E-state index is 0.0566. The highest BCUT2D eigenvalue weighted by molar-refractivity contribution is 7.93. The van der Waals surface area contributed by atoms with Crippen molar-refractivity contribution in [2.45, 2.75) is 29.2 Å². The van der Waals surface area contributed by atoms with E-state index < -0.39 is 38.4 Å². The lowest BCUT2D eigenvalue weighted by Gasteiger charge is -2.26. The normalized spacial score (nSPS) is 12.7. The van der Waals surface area contributed by atoms with Crippen LogP contribution in [-0.4, -0.2) is 35.5 Å². The smallest absolute Gasteiger partial charge is 0.264 e. The van der Waals surface area contributed by atoms with Crippen molar-refractivity contribution in [2.24, 2.45) is 0 Å². The number of benzene rings is 3.